The highest BCUT2D eigenvalue weighted by molar-refractivity contribution is 5.66. The Labute approximate surface area is 66.5 Å². The van der Waals surface area contributed by atoms with Crippen LogP contribution in [0.1, 0.15) is 6.92 Å². The summed E-state index contributed by atoms with van der Waals surface area (Å²) in [7, 11) is 0. The molecule has 64 valence electrons. The van der Waals surface area contributed by atoms with Gasteiger partial charge in [0.2, 0.25) is 0 Å². The summed E-state index contributed by atoms with van der Waals surface area (Å²) in [6.45, 7) is 6.21. The maximum atomic E-state index is 10.7. The third-order valence-electron chi connectivity index (χ3n) is 1.51. The number of rotatable bonds is 4. The molecule has 0 aromatic rings. The van der Waals surface area contributed by atoms with Crippen LogP contribution in [0.2, 0.25) is 0 Å². The number of carbonyl (C=O) groups excluding carboxylic acids is 1. The van der Waals surface area contributed by atoms with E-state index >= 15 is 0 Å². The Balaban J connectivity index is 1.88. The molecule has 0 aromatic heterocycles. The molecule has 1 aliphatic heterocycles. The molecule has 0 aromatic carbocycles. The van der Waals surface area contributed by atoms with Gasteiger partial charge in [-0.2, -0.15) is 0 Å². The first-order chi connectivity index (χ1) is 5.33. The van der Waals surface area contributed by atoms with Crippen molar-refractivity contribution in [2.24, 2.45) is 0 Å². The number of nitrogens with zero attached hydrogens (tertiary/aromatic N) is 1. The Morgan fingerprint density at radius 1 is 1.64 bits per heavy atom. The summed E-state index contributed by atoms with van der Waals surface area (Å²) in [6, 6.07) is 0. The summed E-state index contributed by atoms with van der Waals surface area (Å²) in [4.78, 5) is 12.9. The number of nitrogens with one attached hydrogen (secondary N) is 1. The van der Waals surface area contributed by atoms with Gasteiger partial charge in [-0.1, -0.05) is 0 Å². The highest BCUT2D eigenvalue weighted by atomic mass is 16.5. The van der Waals surface area contributed by atoms with Crippen LogP contribution < -0.4 is 5.32 Å². The van der Waals surface area contributed by atoms with Crippen molar-refractivity contribution in [2.75, 3.05) is 32.8 Å². The normalized spacial score (nSPS) is 16.1. The smallest absolute Gasteiger partial charge is 0.407 e. The summed E-state index contributed by atoms with van der Waals surface area (Å²) in [5.41, 5.74) is 0. The monoisotopic (exact) mass is 158 g/mol. The fraction of sp³-hybridized carbons (Fsp3) is 0.857. The fourth-order valence-electron chi connectivity index (χ4n) is 0.793. The first-order valence-corrected chi connectivity index (χ1v) is 3.96. The second kappa shape index (κ2) is 4.18. The van der Waals surface area contributed by atoms with Crippen molar-refractivity contribution in [3.8, 4) is 0 Å². The first kappa shape index (κ1) is 8.33. The molecule has 0 radical (unpaired) electrons. The minimum atomic E-state index is -0.311. The van der Waals surface area contributed by atoms with E-state index in [-0.39, 0.29) is 6.09 Å². The molecule has 0 aliphatic carbocycles. The van der Waals surface area contributed by atoms with Crippen LogP contribution in [0, 0.1) is 0 Å². The molecule has 0 saturated carbocycles. The zero-order chi connectivity index (χ0) is 8.10. The van der Waals surface area contributed by atoms with Crippen LogP contribution >= 0.6 is 0 Å². The Hall–Kier alpha value is -0.770. The molecule has 1 N–H and O–H groups in total. The number of carbonyl (C=O) groups is 1. The first-order valence-electron chi connectivity index (χ1n) is 3.96. The Morgan fingerprint density at radius 2 is 2.36 bits per heavy atom. The van der Waals surface area contributed by atoms with Crippen LogP contribution in [-0.2, 0) is 4.74 Å². The van der Waals surface area contributed by atoms with Gasteiger partial charge in [0.25, 0.3) is 0 Å². The highest BCUT2D eigenvalue weighted by Gasteiger charge is 2.15. The number of amides is 1. The lowest BCUT2D eigenvalue weighted by molar-refractivity contribution is 0.152. The molecular weight excluding hydrogens is 144 g/mol. The quantitative estimate of drug-likeness (QED) is 0.588. The third-order valence-corrected chi connectivity index (χ3v) is 1.51. The van der Waals surface area contributed by atoms with Gasteiger partial charge in [-0.3, -0.25) is 4.90 Å². The molecule has 1 amide bonds. The topological polar surface area (TPSA) is 41.3 Å². The molecule has 0 bridgehead atoms. The molecule has 1 rings (SSSR count). The maximum absolute atomic E-state index is 10.7. The minimum Gasteiger partial charge on any atom is -0.450 e. The van der Waals surface area contributed by atoms with Crippen molar-refractivity contribution in [3.05, 3.63) is 0 Å². The van der Waals surface area contributed by atoms with E-state index in [0.29, 0.717) is 13.2 Å². The number of ether oxygens (including phenoxy) is 1. The van der Waals surface area contributed by atoms with Gasteiger partial charge in [0.15, 0.2) is 0 Å². The molecule has 1 aliphatic rings. The van der Waals surface area contributed by atoms with Crippen LogP contribution in [0.3, 0.4) is 0 Å². The average molecular weight is 158 g/mol. The van der Waals surface area contributed by atoms with Gasteiger partial charge in [-0.05, 0) is 6.92 Å². The van der Waals surface area contributed by atoms with Crippen molar-refractivity contribution < 1.29 is 9.53 Å². The van der Waals surface area contributed by atoms with Gasteiger partial charge >= 0.3 is 6.09 Å². The van der Waals surface area contributed by atoms with Crippen LogP contribution in [0.5, 0.6) is 0 Å². The van der Waals surface area contributed by atoms with E-state index in [1.165, 1.54) is 13.1 Å². The second-order valence-electron chi connectivity index (χ2n) is 2.49. The molecule has 1 fully saturated rings. The molecule has 0 unspecified atom stereocenters. The standard InChI is InChI=1S/C7H14N2O2/c1-2-11-7(10)8-3-4-9-5-6-9/h2-6H2,1H3,(H,8,10). The summed E-state index contributed by atoms with van der Waals surface area (Å²) >= 11 is 0. The van der Waals surface area contributed by atoms with E-state index in [1.807, 2.05) is 0 Å². The predicted molar refractivity (Wildman–Crippen MR) is 41.5 cm³/mol. The van der Waals surface area contributed by atoms with Crippen molar-refractivity contribution in [1.29, 1.82) is 0 Å². The second-order valence-corrected chi connectivity index (χ2v) is 2.49. The largest absolute Gasteiger partial charge is 0.450 e. The van der Waals surface area contributed by atoms with E-state index < -0.39 is 0 Å². The van der Waals surface area contributed by atoms with Gasteiger partial charge < -0.3 is 10.1 Å². The molecule has 0 atom stereocenters. The molecule has 11 heavy (non-hydrogen) atoms. The molecule has 1 heterocycles. The zero-order valence-electron chi connectivity index (χ0n) is 6.80. The number of hydrogen-bond acceptors (Lipinski definition) is 3. The van der Waals surface area contributed by atoms with E-state index in [1.54, 1.807) is 6.92 Å². The number of hydrogen-bond donors (Lipinski definition) is 1. The summed E-state index contributed by atoms with van der Waals surface area (Å²) < 4.78 is 4.68. The summed E-state index contributed by atoms with van der Waals surface area (Å²) in [5.74, 6) is 0. The van der Waals surface area contributed by atoms with Gasteiger partial charge in [0, 0.05) is 26.2 Å². The minimum absolute atomic E-state index is 0.311. The predicted octanol–water partition coefficient (Wildman–Crippen LogP) is 0.0481. The van der Waals surface area contributed by atoms with Crippen LogP contribution in [0.15, 0.2) is 0 Å². The molecule has 1 saturated heterocycles. The van der Waals surface area contributed by atoms with Gasteiger partial charge in [0.05, 0.1) is 6.61 Å². The van der Waals surface area contributed by atoms with Crippen molar-refractivity contribution in [1.82, 2.24) is 10.2 Å². The Bertz CT molecular complexity index is 134. The average Bonchev–Trinajstić information content (AvgIpc) is 2.72. The lowest BCUT2D eigenvalue weighted by Crippen LogP contribution is -2.29. The molecule has 4 nitrogen and oxygen atoms in total. The van der Waals surface area contributed by atoms with Gasteiger partial charge in [0.1, 0.15) is 0 Å². The van der Waals surface area contributed by atoms with Gasteiger partial charge in [-0.15, -0.1) is 0 Å². The van der Waals surface area contributed by atoms with Crippen molar-refractivity contribution in [2.45, 2.75) is 6.92 Å². The van der Waals surface area contributed by atoms with Crippen molar-refractivity contribution in [3.63, 3.8) is 0 Å². The maximum Gasteiger partial charge on any atom is 0.407 e. The Morgan fingerprint density at radius 3 is 2.91 bits per heavy atom. The van der Waals surface area contributed by atoms with Gasteiger partial charge in [-0.25, -0.2) is 4.79 Å². The lowest BCUT2D eigenvalue weighted by atomic mass is 10.6. The summed E-state index contributed by atoms with van der Waals surface area (Å²) in [6.07, 6.45) is -0.311. The van der Waals surface area contributed by atoms with Crippen LogP contribution in [0.25, 0.3) is 0 Å². The lowest BCUT2D eigenvalue weighted by Gasteiger charge is -2.04. The number of alkyl carbamates (subject to hydrolysis) is 1. The molecule has 4 heteroatoms. The Kier molecular flexibility index (Phi) is 3.16. The highest BCUT2D eigenvalue weighted by Crippen LogP contribution is 1.99. The SMILES string of the molecule is CCOC(=O)NCCN1CC1. The van der Waals surface area contributed by atoms with E-state index in [9.17, 15) is 4.79 Å². The molecule has 0 spiro atoms. The molecular formula is C7H14N2O2. The van der Waals surface area contributed by atoms with Crippen LogP contribution in [-0.4, -0.2) is 43.8 Å². The summed E-state index contributed by atoms with van der Waals surface area (Å²) in [5, 5.41) is 2.65. The van der Waals surface area contributed by atoms with E-state index in [4.69, 9.17) is 0 Å². The van der Waals surface area contributed by atoms with Crippen molar-refractivity contribution >= 4 is 6.09 Å². The van der Waals surface area contributed by atoms with E-state index in [0.717, 1.165) is 6.54 Å². The fourth-order valence-corrected chi connectivity index (χ4v) is 0.793. The van der Waals surface area contributed by atoms with Crippen LogP contribution in [0.4, 0.5) is 4.79 Å². The zero-order valence-corrected chi connectivity index (χ0v) is 6.80. The third kappa shape index (κ3) is 3.83. The van der Waals surface area contributed by atoms with E-state index in [2.05, 4.69) is 15.0 Å².